The number of ether oxygens (including phenoxy) is 1. The van der Waals surface area contributed by atoms with Gasteiger partial charge in [0.25, 0.3) is 0 Å². The van der Waals surface area contributed by atoms with Crippen LogP contribution in [-0.4, -0.2) is 28.1 Å². The summed E-state index contributed by atoms with van der Waals surface area (Å²) >= 11 is 0. The molecule has 1 amide bonds. The van der Waals surface area contributed by atoms with Crippen LogP contribution in [0.15, 0.2) is 36.8 Å². The molecule has 2 heterocycles. The van der Waals surface area contributed by atoms with E-state index in [4.69, 9.17) is 4.74 Å². The SMILES string of the molecule is CC(C)(C)OC(=O)N1C=C[C@H](c2cccnc2)CC1. The summed E-state index contributed by atoms with van der Waals surface area (Å²) in [4.78, 5) is 17.6. The van der Waals surface area contributed by atoms with Gasteiger partial charge in [-0.3, -0.25) is 9.88 Å². The molecule has 0 aliphatic carbocycles. The van der Waals surface area contributed by atoms with Gasteiger partial charge in [0.15, 0.2) is 0 Å². The van der Waals surface area contributed by atoms with Gasteiger partial charge < -0.3 is 4.74 Å². The highest BCUT2D eigenvalue weighted by atomic mass is 16.6. The van der Waals surface area contributed by atoms with Crippen molar-refractivity contribution in [2.75, 3.05) is 6.54 Å². The molecule has 1 aromatic rings. The first kappa shape index (κ1) is 13.6. The predicted molar refractivity (Wildman–Crippen MR) is 73.7 cm³/mol. The second-order valence-electron chi connectivity index (χ2n) is 5.70. The minimum atomic E-state index is -0.453. The lowest BCUT2D eigenvalue weighted by molar-refractivity contribution is 0.0324. The number of rotatable bonds is 1. The topological polar surface area (TPSA) is 42.4 Å². The normalized spacial score (nSPS) is 19.3. The highest BCUT2D eigenvalue weighted by Gasteiger charge is 2.24. The molecule has 1 aliphatic heterocycles. The van der Waals surface area contributed by atoms with Crippen molar-refractivity contribution in [3.05, 3.63) is 42.4 Å². The Bertz CT molecular complexity index is 463. The third-order valence-electron chi connectivity index (χ3n) is 2.92. The fourth-order valence-corrected chi connectivity index (χ4v) is 2.00. The van der Waals surface area contributed by atoms with Gasteiger partial charge in [-0.05, 0) is 38.8 Å². The van der Waals surface area contributed by atoms with Crippen molar-refractivity contribution in [1.82, 2.24) is 9.88 Å². The molecule has 4 heteroatoms. The standard InChI is InChI=1S/C15H20N2O2/c1-15(2,3)19-14(18)17-9-6-12(7-10-17)13-5-4-8-16-11-13/h4-6,8-9,11-12H,7,10H2,1-3H3/t12-/m0/s1. The van der Waals surface area contributed by atoms with Crippen molar-refractivity contribution < 1.29 is 9.53 Å². The smallest absolute Gasteiger partial charge is 0.414 e. The van der Waals surface area contributed by atoms with E-state index in [0.29, 0.717) is 12.5 Å². The highest BCUT2D eigenvalue weighted by Crippen LogP contribution is 2.25. The Morgan fingerprint density at radius 2 is 2.26 bits per heavy atom. The zero-order chi connectivity index (χ0) is 13.9. The van der Waals surface area contributed by atoms with Gasteiger partial charge in [-0.2, -0.15) is 0 Å². The van der Waals surface area contributed by atoms with Crippen LogP contribution in [0.4, 0.5) is 4.79 Å². The van der Waals surface area contributed by atoms with Crippen LogP contribution in [0.3, 0.4) is 0 Å². The molecule has 0 spiro atoms. The number of aromatic nitrogens is 1. The number of nitrogens with zero attached hydrogens (tertiary/aromatic N) is 2. The van der Waals surface area contributed by atoms with E-state index in [2.05, 4.69) is 11.1 Å². The van der Waals surface area contributed by atoms with E-state index in [1.54, 1.807) is 11.1 Å². The first-order valence-electron chi connectivity index (χ1n) is 6.53. The van der Waals surface area contributed by atoms with Crippen LogP contribution in [0.25, 0.3) is 0 Å². The fraction of sp³-hybridized carbons (Fsp3) is 0.467. The van der Waals surface area contributed by atoms with E-state index in [-0.39, 0.29) is 6.09 Å². The molecule has 0 saturated carbocycles. The summed E-state index contributed by atoms with van der Waals surface area (Å²) in [5, 5.41) is 0. The van der Waals surface area contributed by atoms with Gasteiger partial charge in [0.05, 0.1) is 0 Å². The minimum Gasteiger partial charge on any atom is -0.443 e. The van der Waals surface area contributed by atoms with Crippen molar-refractivity contribution in [2.24, 2.45) is 0 Å². The van der Waals surface area contributed by atoms with Crippen molar-refractivity contribution in [1.29, 1.82) is 0 Å². The largest absolute Gasteiger partial charge is 0.443 e. The Labute approximate surface area is 114 Å². The summed E-state index contributed by atoms with van der Waals surface area (Å²) < 4.78 is 5.34. The van der Waals surface area contributed by atoms with E-state index in [1.807, 2.05) is 45.3 Å². The molecule has 4 nitrogen and oxygen atoms in total. The molecule has 19 heavy (non-hydrogen) atoms. The molecular formula is C15H20N2O2. The number of hydrogen-bond donors (Lipinski definition) is 0. The summed E-state index contributed by atoms with van der Waals surface area (Å²) in [7, 11) is 0. The molecule has 1 aromatic heterocycles. The molecule has 0 unspecified atom stereocenters. The van der Waals surface area contributed by atoms with Gasteiger partial charge in [-0.15, -0.1) is 0 Å². The summed E-state index contributed by atoms with van der Waals surface area (Å²) in [5.41, 5.74) is 0.730. The summed E-state index contributed by atoms with van der Waals surface area (Å²) in [6, 6.07) is 3.99. The van der Waals surface area contributed by atoms with Crippen molar-refractivity contribution in [3.63, 3.8) is 0 Å². The van der Waals surface area contributed by atoms with Gasteiger partial charge in [-0.1, -0.05) is 12.1 Å². The second-order valence-corrected chi connectivity index (χ2v) is 5.70. The van der Waals surface area contributed by atoms with Gasteiger partial charge in [0.2, 0.25) is 0 Å². The van der Waals surface area contributed by atoms with Gasteiger partial charge in [0.1, 0.15) is 5.60 Å². The average Bonchev–Trinajstić information content (AvgIpc) is 2.38. The maximum Gasteiger partial charge on any atom is 0.414 e. The van der Waals surface area contributed by atoms with Crippen molar-refractivity contribution >= 4 is 6.09 Å². The molecule has 0 fully saturated rings. The Morgan fingerprint density at radius 3 is 2.79 bits per heavy atom. The maximum atomic E-state index is 11.9. The number of carbonyl (C=O) groups excluding carboxylic acids is 1. The Kier molecular flexibility index (Phi) is 3.88. The molecule has 0 saturated heterocycles. The summed E-state index contributed by atoms with van der Waals surface area (Å²) in [6.07, 6.45) is 8.09. The molecule has 0 aromatic carbocycles. The van der Waals surface area contributed by atoms with E-state index >= 15 is 0 Å². The number of amides is 1. The van der Waals surface area contributed by atoms with Crippen LogP contribution >= 0.6 is 0 Å². The Hall–Kier alpha value is -1.84. The third-order valence-corrected chi connectivity index (χ3v) is 2.92. The molecule has 0 radical (unpaired) electrons. The van der Waals surface area contributed by atoms with E-state index < -0.39 is 5.60 Å². The average molecular weight is 260 g/mol. The Morgan fingerprint density at radius 1 is 1.47 bits per heavy atom. The van der Waals surface area contributed by atoms with Crippen LogP contribution in [0.1, 0.15) is 38.7 Å². The zero-order valence-electron chi connectivity index (χ0n) is 11.7. The number of hydrogen-bond acceptors (Lipinski definition) is 3. The van der Waals surface area contributed by atoms with E-state index in [9.17, 15) is 4.79 Å². The van der Waals surface area contributed by atoms with Crippen LogP contribution < -0.4 is 0 Å². The van der Waals surface area contributed by atoms with E-state index in [0.717, 1.165) is 6.42 Å². The lowest BCUT2D eigenvalue weighted by Crippen LogP contribution is -2.36. The molecule has 1 aliphatic rings. The van der Waals surface area contributed by atoms with Crippen LogP contribution in [0.5, 0.6) is 0 Å². The number of pyridine rings is 1. The quantitative estimate of drug-likeness (QED) is 0.778. The number of carbonyl (C=O) groups is 1. The third kappa shape index (κ3) is 3.81. The van der Waals surface area contributed by atoms with Crippen LogP contribution in [0.2, 0.25) is 0 Å². The molecular weight excluding hydrogens is 240 g/mol. The fourth-order valence-electron chi connectivity index (χ4n) is 2.00. The highest BCUT2D eigenvalue weighted by molar-refractivity contribution is 5.69. The first-order valence-corrected chi connectivity index (χ1v) is 6.53. The molecule has 0 bridgehead atoms. The van der Waals surface area contributed by atoms with Gasteiger partial charge >= 0.3 is 6.09 Å². The minimum absolute atomic E-state index is 0.284. The molecule has 1 atom stereocenters. The predicted octanol–water partition coefficient (Wildman–Crippen LogP) is 3.32. The second kappa shape index (κ2) is 5.43. The molecule has 0 N–H and O–H groups in total. The summed E-state index contributed by atoms with van der Waals surface area (Å²) in [6.45, 7) is 6.29. The number of allylic oxidation sites excluding steroid dienone is 1. The van der Waals surface area contributed by atoms with Gasteiger partial charge in [0, 0.05) is 31.1 Å². The van der Waals surface area contributed by atoms with Crippen molar-refractivity contribution in [3.8, 4) is 0 Å². The summed E-state index contributed by atoms with van der Waals surface area (Å²) in [5.74, 6) is 0.326. The lowest BCUT2D eigenvalue weighted by Gasteiger charge is -2.29. The first-order chi connectivity index (χ1) is 8.96. The maximum absolute atomic E-state index is 11.9. The van der Waals surface area contributed by atoms with Gasteiger partial charge in [-0.25, -0.2) is 4.79 Å². The monoisotopic (exact) mass is 260 g/mol. The van der Waals surface area contributed by atoms with E-state index in [1.165, 1.54) is 5.56 Å². The van der Waals surface area contributed by atoms with Crippen LogP contribution in [0, 0.1) is 0 Å². The van der Waals surface area contributed by atoms with Crippen LogP contribution in [-0.2, 0) is 4.74 Å². The zero-order valence-corrected chi connectivity index (χ0v) is 11.7. The lowest BCUT2D eigenvalue weighted by atomic mass is 9.95. The Balaban J connectivity index is 1.98. The molecule has 2 rings (SSSR count). The molecule has 102 valence electrons. The van der Waals surface area contributed by atoms with Crippen molar-refractivity contribution in [2.45, 2.75) is 38.7 Å².